The number of benzene rings is 1. The number of halogens is 3. The highest BCUT2D eigenvalue weighted by molar-refractivity contribution is 6.36. The number of aromatic nitrogens is 2. The van der Waals surface area contributed by atoms with Crippen LogP contribution in [0.4, 0.5) is 5.82 Å². The Hall–Kier alpha value is -1.03. The van der Waals surface area contributed by atoms with Crippen molar-refractivity contribution in [1.29, 1.82) is 0 Å². The van der Waals surface area contributed by atoms with Crippen molar-refractivity contribution >= 4 is 40.6 Å². The van der Waals surface area contributed by atoms with Crippen molar-refractivity contribution in [2.75, 3.05) is 5.73 Å². The van der Waals surface area contributed by atoms with Crippen LogP contribution in [-0.2, 0) is 6.42 Å². The molecule has 1 aromatic heterocycles. The number of hydrogen-bond donors (Lipinski definition) is 1. The summed E-state index contributed by atoms with van der Waals surface area (Å²) in [4.78, 5) is 8.15. The molecule has 1 heterocycles. The number of rotatable bonds is 2. The lowest BCUT2D eigenvalue weighted by molar-refractivity contribution is 0.975. The molecule has 0 spiro atoms. The van der Waals surface area contributed by atoms with Gasteiger partial charge in [-0.15, -0.1) is 0 Å². The summed E-state index contributed by atoms with van der Waals surface area (Å²) in [5.41, 5.74) is 6.35. The summed E-state index contributed by atoms with van der Waals surface area (Å²) in [6.45, 7) is 0. The van der Waals surface area contributed by atoms with Gasteiger partial charge < -0.3 is 5.73 Å². The zero-order chi connectivity index (χ0) is 12.4. The van der Waals surface area contributed by atoms with Crippen LogP contribution in [0, 0.1) is 0 Å². The molecule has 6 heteroatoms. The van der Waals surface area contributed by atoms with Crippen molar-refractivity contribution < 1.29 is 0 Å². The van der Waals surface area contributed by atoms with Crippen molar-refractivity contribution in [2.45, 2.75) is 6.42 Å². The Bertz CT molecular complexity index is 517. The lowest BCUT2D eigenvalue weighted by atomic mass is 10.1. The zero-order valence-electron chi connectivity index (χ0n) is 8.62. The van der Waals surface area contributed by atoms with Gasteiger partial charge in [0, 0.05) is 22.5 Å². The maximum Gasteiger partial charge on any atom is 0.136 e. The van der Waals surface area contributed by atoms with Gasteiger partial charge in [0.1, 0.15) is 16.8 Å². The highest BCUT2D eigenvalue weighted by atomic mass is 35.5. The van der Waals surface area contributed by atoms with Gasteiger partial charge in [0.25, 0.3) is 0 Å². The van der Waals surface area contributed by atoms with E-state index in [0.717, 1.165) is 5.56 Å². The Kier molecular flexibility index (Phi) is 3.72. The van der Waals surface area contributed by atoms with Crippen molar-refractivity contribution in [3.63, 3.8) is 0 Å². The summed E-state index contributed by atoms with van der Waals surface area (Å²) >= 11 is 17.9. The number of nitrogens with zero attached hydrogens (tertiary/aromatic N) is 2. The molecule has 88 valence electrons. The first kappa shape index (κ1) is 12.4. The van der Waals surface area contributed by atoms with E-state index in [9.17, 15) is 0 Å². The fourth-order valence-corrected chi connectivity index (χ4v) is 2.16. The lowest BCUT2D eigenvalue weighted by Gasteiger charge is -2.06. The fraction of sp³-hybridized carbons (Fsp3) is 0.0909. The fourth-order valence-electron chi connectivity index (χ4n) is 1.42. The number of anilines is 1. The molecule has 1 aromatic carbocycles. The van der Waals surface area contributed by atoms with Crippen LogP contribution in [0.5, 0.6) is 0 Å². The second kappa shape index (κ2) is 5.08. The van der Waals surface area contributed by atoms with Gasteiger partial charge in [-0.2, -0.15) is 0 Å². The highest BCUT2D eigenvalue weighted by Crippen LogP contribution is 2.26. The molecular weight excluding hydrogens is 281 g/mol. The summed E-state index contributed by atoms with van der Waals surface area (Å²) in [6, 6.07) is 6.79. The predicted molar refractivity (Wildman–Crippen MR) is 70.7 cm³/mol. The Morgan fingerprint density at radius 1 is 1.06 bits per heavy atom. The second-order valence-electron chi connectivity index (χ2n) is 3.41. The first-order chi connectivity index (χ1) is 8.06. The van der Waals surface area contributed by atoms with Crippen molar-refractivity contribution in [1.82, 2.24) is 9.97 Å². The molecule has 0 atom stereocenters. The lowest BCUT2D eigenvalue weighted by Crippen LogP contribution is -2.01. The Morgan fingerprint density at radius 2 is 1.71 bits per heavy atom. The van der Waals surface area contributed by atoms with E-state index in [4.69, 9.17) is 40.5 Å². The minimum absolute atomic E-state index is 0.302. The maximum atomic E-state index is 6.05. The summed E-state index contributed by atoms with van der Waals surface area (Å²) in [7, 11) is 0. The topological polar surface area (TPSA) is 51.8 Å². The molecule has 2 aromatic rings. The molecular formula is C11H8Cl3N3. The first-order valence-electron chi connectivity index (χ1n) is 4.78. The van der Waals surface area contributed by atoms with Gasteiger partial charge in [0.2, 0.25) is 0 Å². The van der Waals surface area contributed by atoms with Gasteiger partial charge in [0.15, 0.2) is 0 Å². The first-order valence-corrected chi connectivity index (χ1v) is 5.91. The van der Waals surface area contributed by atoms with E-state index in [-0.39, 0.29) is 0 Å². The normalized spacial score (nSPS) is 10.5. The molecule has 0 saturated heterocycles. The van der Waals surface area contributed by atoms with Crippen LogP contribution in [0.2, 0.25) is 15.2 Å². The molecule has 17 heavy (non-hydrogen) atoms. The van der Waals surface area contributed by atoms with Crippen LogP contribution in [-0.4, -0.2) is 9.97 Å². The summed E-state index contributed by atoms with van der Waals surface area (Å²) in [5.74, 6) is 0.813. The van der Waals surface area contributed by atoms with E-state index in [2.05, 4.69) is 9.97 Å². The predicted octanol–water partition coefficient (Wildman–Crippen LogP) is 3.61. The second-order valence-corrected chi connectivity index (χ2v) is 4.61. The summed E-state index contributed by atoms with van der Waals surface area (Å²) in [6.07, 6.45) is 0.392. The van der Waals surface area contributed by atoms with Crippen LogP contribution in [0.15, 0.2) is 24.3 Å². The van der Waals surface area contributed by atoms with E-state index in [1.807, 2.05) is 0 Å². The summed E-state index contributed by atoms with van der Waals surface area (Å²) < 4.78 is 0. The molecule has 0 aliphatic heterocycles. The highest BCUT2D eigenvalue weighted by Gasteiger charge is 2.09. The molecule has 0 fully saturated rings. The molecule has 0 amide bonds. The quantitative estimate of drug-likeness (QED) is 0.859. The molecule has 0 saturated carbocycles. The smallest absolute Gasteiger partial charge is 0.136 e. The van der Waals surface area contributed by atoms with E-state index >= 15 is 0 Å². The van der Waals surface area contributed by atoms with Gasteiger partial charge in [0.05, 0.1) is 0 Å². The van der Waals surface area contributed by atoms with Gasteiger partial charge in [-0.3, -0.25) is 0 Å². The van der Waals surface area contributed by atoms with Gasteiger partial charge >= 0.3 is 0 Å². The number of nitrogens with two attached hydrogens (primary N) is 1. The third-order valence-electron chi connectivity index (χ3n) is 2.16. The van der Waals surface area contributed by atoms with E-state index < -0.39 is 0 Å². The molecule has 0 aliphatic rings. The Morgan fingerprint density at radius 3 is 2.29 bits per heavy atom. The minimum Gasteiger partial charge on any atom is -0.384 e. The van der Waals surface area contributed by atoms with Crippen molar-refractivity contribution in [3.8, 4) is 0 Å². The summed E-state index contributed by atoms with van der Waals surface area (Å²) in [5, 5.41) is 1.44. The van der Waals surface area contributed by atoms with Crippen LogP contribution in [0.25, 0.3) is 0 Å². The molecule has 0 unspecified atom stereocenters. The van der Waals surface area contributed by atoms with E-state index in [0.29, 0.717) is 33.3 Å². The molecule has 0 bridgehead atoms. The largest absolute Gasteiger partial charge is 0.384 e. The van der Waals surface area contributed by atoms with Gasteiger partial charge in [-0.05, 0) is 17.7 Å². The van der Waals surface area contributed by atoms with Crippen LogP contribution in [0.3, 0.4) is 0 Å². The minimum atomic E-state index is 0.302. The van der Waals surface area contributed by atoms with Crippen LogP contribution < -0.4 is 5.73 Å². The third-order valence-corrected chi connectivity index (χ3v) is 3.06. The average molecular weight is 289 g/mol. The third kappa shape index (κ3) is 3.00. The molecule has 0 radical (unpaired) electrons. The van der Waals surface area contributed by atoms with E-state index in [1.165, 1.54) is 6.07 Å². The maximum absolute atomic E-state index is 6.05. The van der Waals surface area contributed by atoms with Crippen LogP contribution in [0.1, 0.15) is 11.4 Å². The SMILES string of the molecule is Nc1cc(Cl)nc(Cc2c(Cl)cccc2Cl)n1. The zero-order valence-corrected chi connectivity index (χ0v) is 10.9. The molecule has 0 aliphatic carbocycles. The Labute approximate surface area is 114 Å². The van der Waals surface area contributed by atoms with Crippen molar-refractivity contribution in [2.24, 2.45) is 0 Å². The standard InChI is InChI=1S/C11H8Cl3N3/c12-7-2-1-3-8(13)6(7)4-11-16-9(14)5-10(15)17-11/h1-3,5H,4H2,(H2,15,16,17). The van der Waals surface area contributed by atoms with Gasteiger partial charge in [-0.1, -0.05) is 40.9 Å². The number of hydrogen-bond acceptors (Lipinski definition) is 3. The van der Waals surface area contributed by atoms with Crippen LogP contribution >= 0.6 is 34.8 Å². The van der Waals surface area contributed by atoms with E-state index in [1.54, 1.807) is 18.2 Å². The van der Waals surface area contributed by atoms with Gasteiger partial charge in [-0.25, -0.2) is 9.97 Å². The monoisotopic (exact) mass is 287 g/mol. The molecule has 2 N–H and O–H groups in total. The number of nitrogen functional groups attached to an aromatic ring is 1. The molecule has 3 nitrogen and oxygen atoms in total. The molecule has 2 rings (SSSR count). The van der Waals surface area contributed by atoms with Crippen molar-refractivity contribution in [3.05, 3.63) is 50.9 Å². The average Bonchev–Trinajstić information content (AvgIpc) is 2.22. The Balaban J connectivity index is 2.38.